The van der Waals surface area contributed by atoms with E-state index in [1.165, 1.54) is 0 Å². The molecule has 6 rings (SSSR count). The molecule has 3 aromatic carbocycles. The number of phenols is 3. The van der Waals surface area contributed by atoms with Gasteiger partial charge in [-0.1, -0.05) is 54.6 Å². The first kappa shape index (κ1) is 24.6. The van der Waals surface area contributed by atoms with Gasteiger partial charge in [0.1, 0.15) is 33.8 Å². The molecule has 3 heterocycles. The Bertz CT molecular complexity index is 1330. The number of phenolic OH excluding ortho intramolecular Hbond substituents is 3. The van der Waals surface area contributed by atoms with Gasteiger partial charge in [0.15, 0.2) is 0 Å². The molecule has 0 radical (unpaired) electrons. The Morgan fingerprint density at radius 1 is 0.382 bits per heavy atom. The molecule has 3 aromatic heterocycles. The summed E-state index contributed by atoms with van der Waals surface area (Å²) in [5.74, 6) is 0.717. The van der Waals surface area contributed by atoms with Crippen molar-refractivity contribution in [3.05, 3.63) is 110 Å². The second-order valence-corrected chi connectivity index (χ2v) is 7.06. The van der Waals surface area contributed by atoms with E-state index in [0.29, 0.717) is 16.6 Å². The smallest absolute Gasteiger partial charge is 0.141 e. The molecule has 0 unspecified atom stereocenters. The Morgan fingerprint density at radius 3 is 0.912 bits per heavy atom. The van der Waals surface area contributed by atoms with Gasteiger partial charge in [-0.2, -0.15) is 0 Å². The summed E-state index contributed by atoms with van der Waals surface area (Å²) < 4.78 is 0. The van der Waals surface area contributed by atoms with Crippen LogP contribution in [0.5, 0.6) is 17.2 Å². The second kappa shape index (κ2) is 11.7. The van der Waals surface area contributed by atoms with E-state index in [1.54, 1.807) is 55.0 Å². The van der Waals surface area contributed by atoms with E-state index < -0.39 is 0 Å². The molecule has 0 spiro atoms. The Balaban J connectivity index is 0.000000141. The summed E-state index contributed by atoms with van der Waals surface area (Å²) >= 11 is 0. The van der Waals surface area contributed by atoms with Crippen LogP contribution in [0.25, 0.3) is 32.7 Å². The normalized spacial score (nSPS) is 9.88. The molecular weight excluding hydrogens is 515 g/mol. The van der Waals surface area contributed by atoms with Gasteiger partial charge in [0, 0.05) is 54.2 Å². The summed E-state index contributed by atoms with van der Waals surface area (Å²) in [4.78, 5) is 12.1. The molecule has 0 aliphatic rings. The number of aromatic nitrogens is 3. The molecule has 0 amide bonds. The van der Waals surface area contributed by atoms with Crippen molar-refractivity contribution < 1.29 is 34.8 Å². The quantitative estimate of drug-likeness (QED) is 0.212. The van der Waals surface area contributed by atoms with Crippen molar-refractivity contribution in [2.75, 3.05) is 0 Å². The van der Waals surface area contributed by atoms with Gasteiger partial charge in [0.2, 0.25) is 0 Å². The zero-order valence-electron chi connectivity index (χ0n) is 17.9. The van der Waals surface area contributed by atoms with Crippen LogP contribution in [0, 0.1) is 0 Å². The number of rotatable bonds is 0. The molecule has 6 aromatic rings. The fraction of sp³-hybridized carbons (Fsp3) is 0. The van der Waals surface area contributed by atoms with Gasteiger partial charge in [-0.05, 0) is 36.4 Å². The van der Waals surface area contributed by atoms with E-state index in [-0.39, 0.29) is 36.7 Å². The summed E-state index contributed by atoms with van der Waals surface area (Å²) in [6.07, 6.45) is 5.01. The van der Waals surface area contributed by atoms with Crippen molar-refractivity contribution in [2.45, 2.75) is 0 Å². The van der Waals surface area contributed by atoms with Gasteiger partial charge in [-0.3, -0.25) is 15.0 Å². The number of hydrogen-bond donors (Lipinski definition) is 3. The van der Waals surface area contributed by atoms with Crippen LogP contribution in [0.3, 0.4) is 0 Å². The van der Waals surface area contributed by atoms with Gasteiger partial charge < -0.3 is 15.3 Å². The van der Waals surface area contributed by atoms with Crippen LogP contribution in [0.15, 0.2) is 110 Å². The monoisotopic (exact) mass is 537 g/mol. The standard InChI is InChI=1S/3C9H7NO.Ru/c3*11-8-5-1-3-7-4-2-6-10-9(7)8;/h3*1-6,11H;. The number of fused-ring (bicyclic) bond motifs is 3. The maximum Gasteiger partial charge on any atom is 0.141 e. The minimum absolute atomic E-state index is 0. The maximum absolute atomic E-state index is 9.31. The van der Waals surface area contributed by atoms with Gasteiger partial charge in [0.25, 0.3) is 0 Å². The van der Waals surface area contributed by atoms with Crippen molar-refractivity contribution >= 4 is 32.7 Å². The molecule has 0 saturated heterocycles. The molecule has 0 saturated carbocycles. The summed E-state index contributed by atoms with van der Waals surface area (Å²) in [6, 6.07) is 27.4. The Morgan fingerprint density at radius 2 is 0.647 bits per heavy atom. The van der Waals surface area contributed by atoms with E-state index in [4.69, 9.17) is 0 Å². The first-order valence-corrected chi connectivity index (χ1v) is 10.2. The first-order chi connectivity index (χ1) is 16.1. The number of hydrogen-bond acceptors (Lipinski definition) is 6. The molecule has 6 nitrogen and oxygen atoms in total. The molecule has 0 aliphatic carbocycles. The van der Waals surface area contributed by atoms with E-state index in [0.717, 1.165) is 16.2 Å². The third kappa shape index (κ3) is 5.83. The fourth-order valence-corrected chi connectivity index (χ4v) is 3.26. The minimum Gasteiger partial charge on any atom is -0.506 e. The SMILES string of the molecule is Oc1cccc2cccnc12.Oc1cccc2cccnc12.Oc1cccc2cccnc12.[Ru]. The van der Waals surface area contributed by atoms with Crippen LogP contribution in [-0.2, 0) is 19.5 Å². The molecule has 3 N–H and O–H groups in total. The molecule has 0 fully saturated rings. The molecule has 0 aliphatic heterocycles. The molecule has 0 bridgehead atoms. The van der Waals surface area contributed by atoms with Crippen LogP contribution in [-0.4, -0.2) is 30.3 Å². The zero-order valence-corrected chi connectivity index (χ0v) is 19.7. The Labute approximate surface area is 209 Å². The van der Waals surface area contributed by atoms with E-state index >= 15 is 0 Å². The van der Waals surface area contributed by atoms with Crippen LogP contribution in [0.1, 0.15) is 0 Å². The van der Waals surface area contributed by atoms with Crippen molar-refractivity contribution in [3.8, 4) is 17.2 Å². The average Bonchev–Trinajstić information content (AvgIpc) is 2.86. The van der Waals surface area contributed by atoms with Crippen LogP contribution >= 0.6 is 0 Å². The summed E-state index contributed by atoms with van der Waals surface area (Å²) in [7, 11) is 0. The van der Waals surface area contributed by atoms with E-state index in [2.05, 4.69) is 15.0 Å². The summed E-state index contributed by atoms with van der Waals surface area (Å²) in [6.45, 7) is 0. The minimum atomic E-state index is 0. The third-order valence-corrected chi connectivity index (χ3v) is 4.83. The second-order valence-electron chi connectivity index (χ2n) is 7.06. The predicted molar refractivity (Wildman–Crippen MR) is 130 cm³/mol. The van der Waals surface area contributed by atoms with Crippen molar-refractivity contribution in [1.82, 2.24) is 15.0 Å². The number of benzene rings is 3. The molecule has 7 heteroatoms. The maximum atomic E-state index is 9.31. The predicted octanol–water partition coefficient (Wildman–Crippen LogP) is 5.82. The number of aromatic hydroxyl groups is 3. The average molecular weight is 537 g/mol. The first-order valence-electron chi connectivity index (χ1n) is 10.2. The van der Waals surface area contributed by atoms with Gasteiger partial charge in [-0.15, -0.1) is 0 Å². The topological polar surface area (TPSA) is 99.4 Å². The molecule has 34 heavy (non-hydrogen) atoms. The Hall–Kier alpha value is -4.09. The van der Waals surface area contributed by atoms with E-state index in [9.17, 15) is 15.3 Å². The fourth-order valence-electron chi connectivity index (χ4n) is 3.26. The number of para-hydroxylation sites is 3. The number of pyridine rings is 3. The zero-order chi connectivity index (χ0) is 23.0. The van der Waals surface area contributed by atoms with Gasteiger partial charge in [-0.25, -0.2) is 0 Å². The van der Waals surface area contributed by atoms with Crippen molar-refractivity contribution in [3.63, 3.8) is 0 Å². The van der Waals surface area contributed by atoms with E-state index in [1.807, 2.05) is 54.6 Å². The summed E-state index contributed by atoms with van der Waals surface area (Å²) in [5.41, 5.74) is 1.99. The largest absolute Gasteiger partial charge is 0.506 e. The number of nitrogens with zero attached hydrogens (tertiary/aromatic N) is 3. The third-order valence-electron chi connectivity index (χ3n) is 4.83. The molecule has 170 valence electrons. The van der Waals surface area contributed by atoms with Crippen LogP contribution in [0.4, 0.5) is 0 Å². The summed E-state index contributed by atoms with van der Waals surface area (Å²) in [5, 5.41) is 30.8. The van der Waals surface area contributed by atoms with Crippen LogP contribution in [0.2, 0.25) is 0 Å². The van der Waals surface area contributed by atoms with Gasteiger partial charge >= 0.3 is 0 Å². The Kier molecular flexibility index (Phi) is 8.44. The molecular formula is C27H21N3O3Ru. The van der Waals surface area contributed by atoms with Crippen molar-refractivity contribution in [1.29, 1.82) is 0 Å². The van der Waals surface area contributed by atoms with Gasteiger partial charge in [0.05, 0.1) is 0 Å². The van der Waals surface area contributed by atoms with Crippen molar-refractivity contribution in [2.24, 2.45) is 0 Å². The van der Waals surface area contributed by atoms with Crippen LogP contribution < -0.4 is 0 Å². The molecule has 0 atom stereocenters.